The fourth-order valence-corrected chi connectivity index (χ4v) is 1.81. The molecule has 1 atom stereocenters. The quantitative estimate of drug-likeness (QED) is 0.611. The lowest BCUT2D eigenvalue weighted by atomic mass is 10.5. The number of carboxylic acid groups (broad SMARTS) is 1. The molecule has 0 aliphatic rings. The molecule has 1 unspecified atom stereocenters. The highest BCUT2D eigenvalue weighted by molar-refractivity contribution is 7.90. The van der Waals surface area contributed by atoms with Crippen LogP contribution in [-0.2, 0) is 24.3 Å². The van der Waals surface area contributed by atoms with Gasteiger partial charge in [-0.3, -0.25) is 9.59 Å². The molecule has 0 aliphatic heterocycles. The second-order valence-corrected chi connectivity index (χ2v) is 5.22. The van der Waals surface area contributed by atoms with Crippen molar-refractivity contribution in [2.45, 2.75) is 12.2 Å². The Morgan fingerprint density at radius 2 is 1.93 bits per heavy atom. The van der Waals surface area contributed by atoms with Crippen molar-refractivity contribution in [1.82, 2.24) is 4.31 Å². The fraction of sp³-hybridized carbons (Fsp3) is 0.714. The molecule has 0 rings (SSSR count). The molecule has 0 amide bonds. The summed E-state index contributed by atoms with van der Waals surface area (Å²) in [6, 6.07) is 0. The third-order valence-corrected chi connectivity index (χ3v) is 3.90. The average Bonchev–Trinajstić information content (AvgIpc) is 2.15. The van der Waals surface area contributed by atoms with E-state index in [0.29, 0.717) is 4.31 Å². The summed E-state index contributed by atoms with van der Waals surface area (Å²) in [5, 5.41) is 6.95. The van der Waals surface area contributed by atoms with E-state index in [9.17, 15) is 18.0 Å². The van der Waals surface area contributed by atoms with Crippen molar-refractivity contribution in [3.8, 4) is 0 Å². The van der Waals surface area contributed by atoms with E-state index in [1.165, 1.54) is 0 Å². The number of carbonyl (C=O) groups is 2. The topological polar surface area (TPSA) is 101 Å². The molecule has 0 aromatic carbocycles. The summed E-state index contributed by atoms with van der Waals surface area (Å²) in [7, 11) is -1.78. The number of esters is 1. The summed E-state index contributed by atoms with van der Waals surface area (Å²) >= 11 is 0. The van der Waals surface area contributed by atoms with Crippen LogP contribution in [0.25, 0.3) is 0 Å². The van der Waals surface area contributed by atoms with Gasteiger partial charge in [0.2, 0.25) is 10.0 Å². The zero-order valence-electron chi connectivity index (χ0n) is 8.63. The summed E-state index contributed by atoms with van der Waals surface area (Å²) in [6.45, 7) is 0.530. The van der Waals surface area contributed by atoms with Crippen LogP contribution in [0.3, 0.4) is 0 Å². The molecule has 15 heavy (non-hydrogen) atoms. The Morgan fingerprint density at radius 1 is 1.47 bits per heavy atom. The zero-order chi connectivity index (χ0) is 12.2. The van der Waals surface area contributed by atoms with E-state index >= 15 is 0 Å². The highest BCUT2D eigenvalue weighted by Gasteiger charge is 2.32. The molecule has 0 spiro atoms. The van der Waals surface area contributed by atoms with Crippen LogP contribution in [0, 0.1) is 0 Å². The minimum Gasteiger partial charge on any atom is -0.480 e. The van der Waals surface area contributed by atoms with E-state index in [2.05, 4.69) is 4.74 Å². The van der Waals surface area contributed by atoms with Gasteiger partial charge in [-0.2, -0.15) is 4.31 Å². The number of likely N-dealkylation sites (N-methyl/N-ethyl adjacent to an activating group) is 1. The maximum atomic E-state index is 11.5. The molecule has 0 radical (unpaired) electrons. The minimum absolute atomic E-state index is 0.504. The first-order chi connectivity index (χ1) is 6.73. The van der Waals surface area contributed by atoms with E-state index < -0.39 is 33.8 Å². The normalized spacial score (nSPS) is 13.6. The third kappa shape index (κ3) is 3.48. The maximum Gasteiger partial charge on any atom is 0.323 e. The van der Waals surface area contributed by atoms with Crippen molar-refractivity contribution in [3.05, 3.63) is 0 Å². The van der Waals surface area contributed by atoms with Crippen LogP contribution >= 0.6 is 0 Å². The summed E-state index contributed by atoms with van der Waals surface area (Å²) in [5.41, 5.74) is 0. The predicted octanol–water partition coefficient (Wildman–Crippen LogP) is -1.11. The molecule has 0 saturated heterocycles. The Balaban J connectivity index is 4.74. The van der Waals surface area contributed by atoms with Crippen LogP contribution in [0.4, 0.5) is 0 Å². The molecule has 7 nitrogen and oxygen atoms in total. The average molecular weight is 239 g/mol. The molecular weight excluding hydrogens is 226 g/mol. The van der Waals surface area contributed by atoms with Gasteiger partial charge in [0.15, 0.2) is 5.25 Å². The van der Waals surface area contributed by atoms with Crippen molar-refractivity contribution in [3.63, 3.8) is 0 Å². The summed E-state index contributed by atoms with van der Waals surface area (Å²) in [4.78, 5) is 21.3. The summed E-state index contributed by atoms with van der Waals surface area (Å²) in [6.07, 6.45) is 0. The molecule has 88 valence electrons. The van der Waals surface area contributed by atoms with Gasteiger partial charge in [0.1, 0.15) is 6.54 Å². The Morgan fingerprint density at radius 3 is 2.27 bits per heavy atom. The van der Waals surface area contributed by atoms with E-state index in [4.69, 9.17) is 5.11 Å². The zero-order valence-corrected chi connectivity index (χ0v) is 9.44. The Kier molecular flexibility index (Phi) is 4.69. The number of nitrogens with zero attached hydrogens (tertiary/aromatic N) is 1. The first-order valence-corrected chi connectivity index (χ1v) is 5.48. The second kappa shape index (κ2) is 5.08. The largest absolute Gasteiger partial charge is 0.480 e. The van der Waals surface area contributed by atoms with Gasteiger partial charge < -0.3 is 9.84 Å². The van der Waals surface area contributed by atoms with Crippen LogP contribution in [0.5, 0.6) is 0 Å². The molecule has 0 aromatic rings. The molecule has 0 bridgehead atoms. The Hall–Kier alpha value is -1.15. The van der Waals surface area contributed by atoms with Crippen molar-refractivity contribution < 1.29 is 27.9 Å². The van der Waals surface area contributed by atoms with E-state index in [1.54, 1.807) is 0 Å². The second-order valence-electron chi connectivity index (χ2n) is 2.86. The smallest absolute Gasteiger partial charge is 0.323 e. The number of methoxy groups -OCH3 is 1. The molecule has 0 heterocycles. The Bertz CT molecular complexity index is 348. The number of hydrogen-bond donors (Lipinski definition) is 1. The molecule has 8 heteroatoms. The van der Waals surface area contributed by atoms with Gasteiger partial charge in [0.25, 0.3) is 0 Å². The van der Waals surface area contributed by atoms with Gasteiger partial charge in [0, 0.05) is 7.05 Å². The summed E-state index contributed by atoms with van der Waals surface area (Å²) in [5.74, 6) is -2.22. The first-order valence-electron chi connectivity index (χ1n) is 3.98. The molecule has 0 saturated carbocycles. The van der Waals surface area contributed by atoms with Crippen molar-refractivity contribution in [2.24, 2.45) is 0 Å². The van der Waals surface area contributed by atoms with E-state index in [0.717, 1.165) is 21.1 Å². The van der Waals surface area contributed by atoms with Crippen LogP contribution in [-0.4, -0.2) is 55.7 Å². The van der Waals surface area contributed by atoms with Crippen LogP contribution < -0.4 is 0 Å². The van der Waals surface area contributed by atoms with Crippen LogP contribution in [0.15, 0.2) is 0 Å². The summed E-state index contributed by atoms with van der Waals surface area (Å²) < 4.78 is 27.8. The first kappa shape index (κ1) is 13.8. The van der Waals surface area contributed by atoms with Crippen molar-refractivity contribution in [2.75, 3.05) is 20.7 Å². The van der Waals surface area contributed by atoms with Gasteiger partial charge in [-0.15, -0.1) is 0 Å². The molecule has 0 aromatic heterocycles. The monoisotopic (exact) mass is 239 g/mol. The maximum absolute atomic E-state index is 11.5. The molecule has 0 aliphatic carbocycles. The highest BCUT2D eigenvalue weighted by Crippen LogP contribution is 2.06. The lowest BCUT2D eigenvalue weighted by Gasteiger charge is -2.18. The number of carboxylic acids is 1. The van der Waals surface area contributed by atoms with Crippen molar-refractivity contribution >= 4 is 22.0 Å². The van der Waals surface area contributed by atoms with Gasteiger partial charge in [-0.25, -0.2) is 8.42 Å². The predicted molar refractivity (Wildman–Crippen MR) is 50.7 cm³/mol. The minimum atomic E-state index is -4.01. The van der Waals surface area contributed by atoms with E-state index in [-0.39, 0.29) is 0 Å². The molecule has 0 fully saturated rings. The van der Waals surface area contributed by atoms with Gasteiger partial charge in [-0.1, -0.05) is 0 Å². The SMILES string of the molecule is COC(=O)CN(C)S(=O)(=O)C(C)C(=O)O. The molecular formula is C7H13NO6S. The lowest BCUT2D eigenvalue weighted by molar-refractivity contribution is -0.141. The fourth-order valence-electron chi connectivity index (χ4n) is 0.734. The van der Waals surface area contributed by atoms with Gasteiger partial charge >= 0.3 is 11.9 Å². The lowest BCUT2D eigenvalue weighted by Crippen LogP contribution is -2.41. The van der Waals surface area contributed by atoms with Crippen LogP contribution in [0.1, 0.15) is 6.92 Å². The number of sulfonamides is 1. The Labute approximate surface area is 87.7 Å². The van der Waals surface area contributed by atoms with Gasteiger partial charge in [0.05, 0.1) is 7.11 Å². The number of hydrogen-bond acceptors (Lipinski definition) is 5. The van der Waals surface area contributed by atoms with Gasteiger partial charge in [-0.05, 0) is 6.92 Å². The highest BCUT2D eigenvalue weighted by atomic mass is 32.2. The third-order valence-electron chi connectivity index (χ3n) is 1.81. The number of aliphatic carboxylic acids is 1. The number of ether oxygens (including phenoxy) is 1. The number of rotatable bonds is 5. The van der Waals surface area contributed by atoms with E-state index in [1.807, 2.05) is 0 Å². The van der Waals surface area contributed by atoms with Crippen molar-refractivity contribution in [1.29, 1.82) is 0 Å². The number of carbonyl (C=O) groups excluding carboxylic acids is 1. The van der Waals surface area contributed by atoms with Crippen LogP contribution in [0.2, 0.25) is 0 Å². The standard InChI is InChI=1S/C7H13NO6S/c1-5(7(10)11)15(12,13)8(2)4-6(9)14-3/h5H,4H2,1-3H3,(H,10,11). The molecule has 1 N–H and O–H groups in total.